The summed E-state index contributed by atoms with van der Waals surface area (Å²) in [6.07, 6.45) is 0. The van der Waals surface area contributed by atoms with Crippen LogP contribution in [0, 0.1) is 11.3 Å². The van der Waals surface area contributed by atoms with Crippen LogP contribution in [0.3, 0.4) is 0 Å². The first-order valence-electron chi connectivity index (χ1n) is 6.56. The van der Waals surface area contributed by atoms with Gasteiger partial charge in [-0.1, -0.05) is 34.8 Å². The molecular weight excluding hydrogens is 359 g/mol. The van der Waals surface area contributed by atoms with Crippen LogP contribution in [0.5, 0.6) is 17.2 Å². The third kappa shape index (κ3) is 4.92. The third-order valence-electron chi connectivity index (χ3n) is 2.80. The van der Waals surface area contributed by atoms with Gasteiger partial charge >= 0.3 is 0 Å². The van der Waals surface area contributed by atoms with Gasteiger partial charge in [-0.2, -0.15) is 5.26 Å². The van der Waals surface area contributed by atoms with E-state index in [2.05, 4.69) is 0 Å². The van der Waals surface area contributed by atoms with E-state index in [1.807, 2.05) is 6.07 Å². The van der Waals surface area contributed by atoms with Crippen LogP contribution in [0.15, 0.2) is 36.4 Å². The molecule has 0 saturated heterocycles. The predicted octanol–water partition coefficient (Wildman–Crippen LogP) is 5.06. The van der Waals surface area contributed by atoms with E-state index in [4.69, 9.17) is 55.3 Å². The minimum Gasteiger partial charge on any atom is -0.487 e. The first-order chi connectivity index (χ1) is 10.8. The van der Waals surface area contributed by atoms with Gasteiger partial charge in [-0.05, 0) is 37.3 Å². The smallest absolute Gasteiger partial charge is 0.169 e. The Bertz CT molecular complexity index is 757. The largest absolute Gasteiger partial charge is 0.487 e. The van der Waals surface area contributed by atoms with Gasteiger partial charge in [-0.3, -0.25) is 0 Å². The molecule has 1 atom stereocenters. The Morgan fingerprint density at radius 1 is 1.04 bits per heavy atom. The van der Waals surface area contributed by atoms with Crippen LogP contribution in [-0.4, -0.2) is 12.1 Å². The van der Waals surface area contributed by atoms with Crippen LogP contribution < -0.4 is 15.2 Å². The molecule has 0 radical (unpaired) electrons. The summed E-state index contributed by atoms with van der Waals surface area (Å²) in [6, 6.07) is 11.7. The average molecular weight is 372 g/mol. The van der Waals surface area contributed by atoms with Gasteiger partial charge in [-0.25, -0.2) is 0 Å². The molecule has 0 bridgehead atoms. The van der Waals surface area contributed by atoms with Crippen molar-refractivity contribution >= 4 is 34.8 Å². The van der Waals surface area contributed by atoms with Crippen molar-refractivity contribution < 1.29 is 9.47 Å². The Labute approximate surface area is 149 Å². The molecule has 0 spiro atoms. The van der Waals surface area contributed by atoms with Crippen LogP contribution >= 0.6 is 34.8 Å². The lowest BCUT2D eigenvalue weighted by molar-refractivity contribution is 0.255. The van der Waals surface area contributed by atoms with Crippen molar-refractivity contribution in [1.29, 1.82) is 5.26 Å². The van der Waals surface area contributed by atoms with Gasteiger partial charge in [0.05, 0.1) is 11.1 Å². The molecule has 0 aliphatic carbocycles. The molecule has 23 heavy (non-hydrogen) atoms. The summed E-state index contributed by atoms with van der Waals surface area (Å²) in [6.45, 7) is 1.54. The molecule has 0 amide bonds. The maximum absolute atomic E-state index is 8.95. The number of nitrogens with zero attached hydrogens (tertiary/aromatic N) is 1. The van der Waals surface area contributed by atoms with Gasteiger partial charge < -0.3 is 15.2 Å². The fourth-order valence-electron chi connectivity index (χ4n) is 1.62. The summed E-state index contributed by atoms with van der Waals surface area (Å²) in [4.78, 5) is 0. The molecule has 2 N–H and O–H groups in total. The first kappa shape index (κ1) is 17.7. The van der Waals surface area contributed by atoms with Gasteiger partial charge in [0.2, 0.25) is 0 Å². The highest BCUT2D eigenvalue weighted by Gasteiger charge is 2.20. The number of hydrogen-bond acceptors (Lipinski definition) is 4. The van der Waals surface area contributed by atoms with Crippen molar-refractivity contribution in [3.8, 4) is 23.3 Å². The summed E-state index contributed by atoms with van der Waals surface area (Å²) in [5.74, 6) is 1.17. The van der Waals surface area contributed by atoms with Crippen molar-refractivity contribution in [3.05, 3.63) is 51.5 Å². The van der Waals surface area contributed by atoms with Crippen LogP contribution in [0.25, 0.3) is 0 Å². The third-order valence-corrected chi connectivity index (χ3v) is 3.57. The van der Waals surface area contributed by atoms with Gasteiger partial charge in [0.15, 0.2) is 11.5 Å². The summed E-state index contributed by atoms with van der Waals surface area (Å²) in [5.41, 5.74) is 4.62. The molecule has 2 aromatic carbocycles. The Morgan fingerprint density at radius 2 is 1.65 bits per heavy atom. The fourth-order valence-corrected chi connectivity index (χ4v) is 2.22. The molecule has 1 unspecified atom stereocenters. The highest BCUT2D eigenvalue weighted by Crippen LogP contribution is 2.37. The second-order valence-corrected chi connectivity index (χ2v) is 6.37. The van der Waals surface area contributed by atoms with Gasteiger partial charge in [0, 0.05) is 16.1 Å². The van der Waals surface area contributed by atoms with Crippen LogP contribution in [0.1, 0.15) is 6.92 Å². The van der Waals surface area contributed by atoms with Crippen molar-refractivity contribution in [1.82, 2.24) is 0 Å². The Hall–Kier alpha value is -1.64. The fraction of sp³-hybridized carbons (Fsp3) is 0.188. The number of rotatable bonds is 5. The Kier molecular flexibility index (Phi) is 5.61. The zero-order valence-corrected chi connectivity index (χ0v) is 14.4. The predicted molar refractivity (Wildman–Crippen MR) is 91.7 cm³/mol. The van der Waals surface area contributed by atoms with E-state index in [1.54, 1.807) is 43.3 Å². The standard InChI is InChI=1S/C16H13Cl3N2O2/c1-16(21,8-20)9-22-15-7-11(18)3-5-14(15)23-13-4-2-10(17)6-12(13)19/h2-7H,9,21H2,1H3. The molecule has 2 rings (SSSR count). The topological polar surface area (TPSA) is 68.3 Å². The van der Waals surface area contributed by atoms with Crippen LogP contribution in [0.2, 0.25) is 15.1 Å². The SMILES string of the molecule is CC(N)(C#N)COc1cc(Cl)ccc1Oc1ccc(Cl)cc1Cl. The minimum absolute atomic E-state index is 0.0193. The number of halogens is 3. The lowest BCUT2D eigenvalue weighted by Crippen LogP contribution is -2.40. The lowest BCUT2D eigenvalue weighted by Gasteiger charge is -2.18. The zero-order valence-electron chi connectivity index (χ0n) is 12.1. The zero-order chi connectivity index (χ0) is 17.0. The number of ether oxygens (including phenoxy) is 2. The van der Waals surface area contributed by atoms with E-state index in [0.717, 1.165) is 0 Å². The van der Waals surface area contributed by atoms with Crippen LogP contribution in [0.4, 0.5) is 0 Å². The van der Waals surface area contributed by atoms with Gasteiger partial charge in [0.1, 0.15) is 17.9 Å². The van der Waals surface area contributed by atoms with E-state index < -0.39 is 5.54 Å². The van der Waals surface area contributed by atoms with E-state index in [-0.39, 0.29) is 6.61 Å². The second-order valence-electron chi connectivity index (χ2n) is 5.09. The lowest BCUT2D eigenvalue weighted by atomic mass is 10.1. The molecule has 0 aliphatic heterocycles. The number of benzene rings is 2. The van der Waals surface area contributed by atoms with Gasteiger partial charge in [-0.15, -0.1) is 0 Å². The van der Waals surface area contributed by atoms with Crippen LogP contribution in [-0.2, 0) is 0 Å². The maximum Gasteiger partial charge on any atom is 0.169 e. The Morgan fingerprint density at radius 3 is 2.26 bits per heavy atom. The highest BCUT2D eigenvalue weighted by atomic mass is 35.5. The molecule has 7 heteroatoms. The summed E-state index contributed by atoms with van der Waals surface area (Å²) in [5, 5.41) is 10.3. The number of nitrogens with two attached hydrogens (primary N) is 1. The number of hydrogen-bond donors (Lipinski definition) is 1. The highest BCUT2D eigenvalue weighted by molar-refractivity contribution is 6.35. The molecule has 120 valence electrons. The molecular formula is C16H13Cl3N2O2. The van der Waals surface area contributed by atoms with Crippen molar-refractivity contribution in [3.63, 3.8) is 0 Å². The average Bonchev–Trinajstić information content (AvgIpc) is 2.50. The minimum atomic E-state index is -1.13. The number of nitriles is 1. The summed E-state index contributed by atoms with van der Waals surface area (Å²) in [7, 11) is 0. The van der Waals surface area contributed by atoms with E-state index in [0.29, 0.717) is 32.3 Å². The molecule has 4 nitrogen and oxygen atoms in total. The van der Waals surface area contributed by atoms with Crippen molar-refractivity contribution in [2.24, 2.45) is 5.73 Å². The van der Waals surface area contributed by atoms with E-state index in [1.165, 1.54) is 0 Å². The van der Waals surface area contributed by atoms with Crippen molar-refractivity contribution in [2.45, 2.75) is 12.5 Å². The normalized spacial score (nSPS) is 13.0. The second kappa shape index (κ2) is 7.29. The molecule has 0 saturated carbocycles. The van der Waals surface area contributed by atoms with E-state index in [9.17, 15) is 0 Å². The summed E-state index contributed by atoms with van der Waals surface area (Å²) < 4.78 is 11.3. The van der Waals surface area contributed by atoms with Gasteiger partial charge in [0.25, 0.3) is 0 Å². The van der Waals surface area contributed by atoms with Crippen molar-refractivity contribution in [2.75, 3.05) is 6.61 Å². The molecule has 0 aromatic heterocycles. The van der Waals surface area contributed by atoms with E-state index >= 15 is 0 Å². The first-order valence-corrected chi connectivity index (χ1v) is 7.69. The summed E-state index contributed by atoms with van der Waals surface area (Å²) >= 11 is 17.9. The molecule has 0 heterocycles. The maximum atomic E-state index is 8.95. The quantitative estimate of drug-likeness (QED) is 0.797. The molecule has 2 aromatic rings. The molecule has 0 aliphatic rings. The Balaban J connectivity index is 2.26. The monoisotopic (exact) mass is 370 g/mol. The molecule has 0 fully saturated rings.